The quantitative estimate of drug-likeness (QED) is 0.280. The van der Waals surface area contributed by atoms with Crippen LogP contribution in [0.3, 0.4) is 0 Å². The third-order valence-corrected chi connectivity index (χ3v) is 6.65. The van der Waals surface area contributed by atoms with E-state index in [-0.39, 0.29) is 18.3 Å². The van der Waals surface area contributed by atoms with Gasteiger partial charge in [0.25, 0.3) is 0 Å². The van der Waals surface area contributed by atoms with Gasteiger partial charge in [-0.3, -0.25) is 0 Å². The first-order chi connectivity index (χ1) is 17.4. The molecule has 0 bridgehead atoms. The fraction of sp³-hybridized carbons (Fsp3) is 0.312. The molecule has 1 heterocycles. The van der Waals surface area contributed by atoms with Gasteiger partial charge >= 0.3 is 0 Å². The zero-order chi connectivity index (χ0) is 25.1. The number of benzene rings is 4. The van der Waals surface area contributed by atoms with Crippen LogP contribution in [-0.4, -0.2) is 17.8 Å². The Hall–Kier alpha value is -3.34. The smallest absolute Gasteiger partial charge is 0.132 e. The number of fused-ring (bicyclic) bond motifs is 2. The Labute approximate surface area is 214 Å². The first-order valence-corrected chi connectivity index (χ1v) is 12.7. The van der Waals surface area contributed by atoms with Crippen LogP contribution in [0, 0.1) is 0 Å². The molecule has 4 aromatic carbocycles. The van der Waals surface area contributed by atoms with Crippen LogP contribution in [0.5, 0.6) is 5.75 Å². The average molecular weight is 482 g/mol. The second-order valence-corrected chi connectivity index (χ2v) is 10.3. The molecule has 5 rings (SSSR count). The summed E-state index contributed by atoms with van der Waals surface area (Å²) in [7, 11) is 0. The van der Waals surface area contributed by atoms with Crippen molar-refractivity contribution in [2.24, 2.45) is 0 Å². The molecule has 2 unspecified atom stereocenters. The molecule has 4 heteroatoms. The van der Waals surface area contributed by atoms with Crippen molar-refractivity contribution in [1.29, 1.82) is 0 Å². The van der Waals surface area contributed by atoms with E-state index in [4.69, 9.17) is 14.2 Å². The fourth-order valence-corrected chi connectivity index (χ4v) is 4.88. The maximum Gasteiger partial charge on any atom is 0.132 e. The van der Waals surface area contributed by atoms with Crippen LogP contribution in [0.25, 0.3) is 10.8 Å². The van der Waals surface area contributed by atoms with E-state index in [1.165, 1.54) is 16.3 Å². The molecule has 0 amide bonds. The Kier molecular flexibility index (Phi) is 6.99. The van der Waals surface area contributed by atoms with Crippen molar-refractivity contribution in [1.82, 2.24) is 0 Å². The van der Waals surface area contributed by atoms with Crippen LogP contribution < -0.4 is 10.1 Å². The van der Waals surface area contributed by atoms with Gasteiger partial charge in [-0.15, -0.1) is 0 Å². The van der Waals surface area contributed by atoms with Gasteiger partial charge in [-0.1, -0.05) is 66.7 Å². The van der Waals surface area contributed by atoms with Crippen molar-refractivity contribution >= 4 is 16.5 Å². The number of anilines is 1. The third kappa shape index (κ3) is 5.40. The third-order valence-electron chi connectivity index (χ3n) is 6.65. The maximum absolute atomic E-state index is 6.60. The van der Waals surface area contributed by atoms with E-state index in [0.29, 0.717) is 6.61 Å². The number of rotatable bonds is 8. The molecule has 0 aliphatic carbocycles. The Morgan fingerprint density at radius 1 is 0.833 bits per heavy atom. The molecule has 0 aromatic heterocycles. The summed E-state index contributed by atoms with van der Waals surface area (Å²) in [6.45, 7) is 9.55. The van der Waals surface area contributed by atoms with Gasteiger partial charge in [-0.2, -0.15) is 0 Å². The van der Waals surface area contributed by atoms with Crippen molar-refractivity contribution in [2.75, 3.05) is 5.32 Å². The molecule has 0 fully saturated rings. The summed E-state index contributed by atoms with van der Waals surface area (Å²) in [6.07, 6.45) is -0.477. The van der Waals surface area contributed by atoms with Gasteiger partial charge in [-0.25, -0.2) is 0 Å². The van der Waals surface area contributed by atoms with Gasteiger partial charge in [0.15, 0.2) is 0 Å². The minimum atomic E-state index is -0.553. The SMILES string of the molecule is CC(C)OC1c2cc(NCc3ccccc3)ccc2OC(C)(C)C1OCc1ccc2ccccc2c1. The fourth-order valence-electron chi connectivity index (χ4n) is 4.88. The lowest BCUT2D eigenvalue weighted by atomic mass is 9.87. The largest absolute Gasteiger partial charge is 0.485 e. The Morgan fingerprint density at radius 3 is 2.36 bits per heavy atom. The highest BCUT2D eigenvalue weighted by atomic mass is 16.6. The van der Waals surface area contributed by atoms with E-state index in [0.717, 1.165) is 29.1 Å². The molecule has 0 spiro atoms. The summed E-state index contributed by atoms with van der Waals surface area (Å²) >= 11 is 0. The van der Waals surface area contributed by atoms with Crippen molar-refractivity contribution in [3.8, 4) is 5.75 Å². The van der Waals surface area contributed by atoms with E-state index in [2.05, 4.69) is 112 Å². The maximum atomic E-state index is 6.60. The Bertz CT molecular complexity index is 1320. The highest BCUT2D eigenvalue weighted by Gasteiger charge is 2.46. The minimum Gasteiger partial charge on any atom is -0.485 e. The molecule has 36 heavy (non-hydrogen) atoms. The van der Waals surface area contributed by atoms with E-state index >= 15 is 0 Å². The predicted molar refractivity (Wildman–Crippen MR) is 146 cm³/mol. The van der Waals surface area contributed by atoms with Gasteiger partial charge < -0.3 is 19.5 Å². The minimum absolute atomic E-state index is 0.0458. The average Bonchev–Trinajstić information content (AvgIpc) is 2.87. The van der Waals surface area contributed by atoms with E-state index in [9.17, 15) is 0 Å². The molecular weight excluding hydrogens is 446 g/mol. The normalized spacial score (nSPS) is 18.6. The monoisotopic (exact) mass is 481 g/mol. The van der Waals surface area contributed by atoms with Crippen LogP contribution in [0.4, 0.5) is 5.69 Å². The molecule has 0 saturated carbocycles. The molecule has 186 valence electrons. The number of hydrogen-bond acceptors (Lipinski definition) is 4. The lowest BCUT2D eigenvalue weighted by Crippen LogP contribution is -2.51. The van der Waals surface area contributed by atoms with Crippen LogP contribution in [0.2, 0.25) is 0 Å². The second kappa shape index (κ2) is 10.3. The highest BCUT2D eigenvalue weighted by molar-refractivity contribution is 5.82. The first-order valence-electron chi connectivity index (χ1n) is 12.7. The summed E-state index contributed by atoms with van der Waals surface area (Å²) in [4.78, 5) is 0. The molecule has 0 saturated heterocycles. The van der Waals surface area contributed by atoms with Crippen LogP contribution in [0.15, 0.2) is 91.0 Å². The molecule has 2 atom stereocenters. The summed E-state index contributed by atoms with van der Waals surface area (Å²) in [5.74, 6) is 0.849. The molecule has 1 N–H and O–H groups in total. The lowest BCUT2D eigenvalue weighted by molar-refractivity contribution is -0.177. The van der Waals surface area contributed by atoms with Crippen molar-refractivity contribution < 1.29 is 14.2 Å². The second-order valence-electron chi connectivity index (χ2n) is 10.3. The molecular formula is C32H35NO3. The summed E-state index contributed by atoms with van der Waals surface area (Å²) in [5, 5.41) is 5.99. The standard InChI is InChI=1S/C32H35NO3/c1-22(2)35-30-28-19-27(33-20-23-10-6-5-7-11-23)16-17-29(28)36-32(3,4)31(30)34-21-24-14-15-25-12-8-9-13-26(25)18-24/h5-19,22,30-31,33H,20-21H2,1-4H3. The summed E-state index contributed by atoms with van der Waals surface area (Å²) in [6, 6.07) is 31.5. The van der Waals surface area contributed by atoms with Gasteiger partial charge in [0.1, 0.15) is 23.6 Å². The molecule has 1 aliphatic rings. The number of hydrogen-bond donors (Lipinski definition) is 1. The Morgan fingerprint density at radius 2 is 1.58 bits per heavy atom. The van der Waals surface area contributed by atoms with Gasteiger partial charge in [0.2, 0.25) is 0 Å². The zero-order valence-electron chi connectivity index (χ0n) is 21.5. The van der Waals surface area contributed by atoms with Gasteiger partial charge in [0.05, 0.1) is 12.7 Å². The first kappa shape index (κ1) is 24.4. The highest BCUT2D eigenvalue weighted by Crippen LogP contribution is 2.45. The molecule has 4 aromatic rings. The Balaban J connectivity index is 1.40. The lowest BCUT2D eigenvalue weighted by Gasteiger charge is -2.45. The van der Waals surface area contributed by atoms with Gasteiger partial charge in [0, 0.05) is 17.8 Å². The van der Waals surface area contributed by atoms with E-state index in [1.54, 1.807) is 0 Å². The molecule has 4 nitrogen and oxygen atoms in total. The van der Waals surface area contributed by atoms with Crippen LogP contribution >= 0.6 is 0 Å². The molecule has 0 radical (unpaired) electrons. The van der Waals surface area contributed by atoms with Crippen LogP contribution in [-0.2, 0) is 22.6 Å². The van der Waals surface area contributed by atoms with Crippen LogP contribution in [0.1, 0.15) is 50.5 Å². The van der Waals surface area contributed by atoms with E-state index < -0.39 is 5.60 Å². The van der Waals surface area contributed by atoms with Crippen molar-refractivity contribution in [2.45, 2.75) is 64.8 Å². The number of nitrogens with one attached hydrogen (secondary N) is 1. The zero-order valence-corrected chi connectivity index (χ0v) is 21.5. The topological polar surface area (TPSA) is 39.7 Å². The summed E-state index contributed by atoms with van der Waals surface area (Å²) < 4.78 is 19.6. The summed E-state index contributed by atoms with van der Waals surface area (Å²) in [5.41, 5.74) is 3.87. The van der Waals surface area contributed by atoms with E-state index in [1.807, 2.05) is 12.1 Å². The van der Waals surface area contributed by atoms with Crippen molar-refractivity contribution in [3.05, 3.63) is 108 Å². The molecule has 1 aliphatic heterocycles. The predicted octanol–water partition coefficient (Wildman–Crippen LogP) is 7.67. The van der Waals surface area contributed by atoms with Gasteiger partial charge in [-0.05, 0) is 73.9 Å². The van der Waals surface area contributed by atoms with Crippen molar-refractivity contribution in [3.63, 3.8) is 0 Å². The number of ether oxygens (including phenoxy) is 3.